The van der Waals surface area contributed by atoms with E-state index < -0.39 is 18.5 Å². The minimum atomic E-state index is -0.731. The number of rotatable bonds is 5. The summed E-state index contributed by atoms with van der Waals surface area (Å²) >= 11 is 6.18. The quantitative estimate of drug-likeness (QED) is 0.762. The van der Waals surface area contributed by atoms with Crippen LogP contribution in [0.3, 0.4) is 0 Å². The number of amides is 2. The topological polar surface area (TPSA) is 116 Å². The van der Waals surface area contributed by atoms with Gasteiger partial charge in [-0.2, -0.15) is 0 Å². The van der Waals surface area contributed by atoms with E-state index in [1.807, 2.05) is 0 Å². The lowest BCUT2D eigenvalue weighted by Crippen LogP contribution is -2.45. The van der Waals surface area contributed by atoms with Crippen LogP contribution in [0.4, 0.5) is 0 Å². The first-order chi connectivity index (χ1) is 13.4. The molecule has 1 aromatic carbocycles. The van der Waals surface area contributed by atoms with Crippen LogP contribution in [0.2, 0.25) is 5.02 Å². The number of ether oxygens (including phenoxy) is 1. The molecule has 1 aliphatic rings. The van der Waals surface area contributed by atoms with Gasteiger partial charge in [0.15, 0.2) is 6.61 Å². The summed E-state index contributed by atoms with van der Waals surface area (Å²) in [5.74, 6) is -1.66. The Bertz CT molecular complexity index is 911. The van der Waals surface area contributed by atoms with Crippen molar-refractivity contribution in [1.29, 1.82) is 0 Å². The van der Waals surface area contributed by atoms with Crippen LogP contribution in [0.25, 0.3) is 11.3 Å². The van der Waals surface area contributed by atoms with E-state index in [9.17, 15) is 14.4 Å². The second-order valence-electron chi connectivity index (χ2n) is 6.60. The van der Waals surface area contributed by atoms with Gasteiger partial charge in [0.25, 0.3) is 5.91 Å². The van der Waals surface area contributed by atoms with E-state index >= 15 is 0 Å². The molecule has 1 fully saturated rings. The van der Waals surface area contributed by atoms with Crippen LogP contribution in [0.1, 0.15) is 29.0 Å². The molecule has 2 N–H and O–H groups in total. The molecule has 2 amide bonds. The van der Waals surface area contributed by atoms with E-state index in [0.29, 0.717) is 30.0 Å². The Labute approximate surface area is 166 Å². The number of aryl methyl sites for hydroxylation is 1. The number of esters is 1. The molecule has 1 atom stereocenters. The highest BCUT2D eigenvalue weighted by atomic mass is 35.5. The van der Waals surface area contributed by atoms with Crippen molar-refractivity contribution in [2.45, 2.75) is 19.8 Å². The molecular formula is C19H20ClN3O5. The van der Waals surface area contributed by atoms with Gasteiger partial charge in [-0.1, -0.05) is 35.0 Å². The molecule has 1 aromatic heterocycles. The lowest BCUT2D eigenvalue weighted by molar-refractivity contribution is -0.137. The molecule has 28 heavy (non-hydrogen) atoms. The number of nitrogens with two attached hydrogens (primary N) is 1. The van der Waals surface area contributed by atoms with E-state index in [4.69, 9.17) is 26.6 Å². The lowest BCUT2D eigenvalue weighted by atomic mass is 9.97. The molecule has 0 radical (unpaired) electrons. The minimum Gasteiger partial charge on any atom is -0.452 e. The maximum atomic E-state index is 12.6. The van der Waals surface area contributed by atoms with Crippen molar-refractivity contribution in [2.75, 3.05) is 19.7 Å². The maximum absolute atomic E-state index is 12.6. The number of hydrogen-bond donors (Lipinski definition) is 1. The highest BCUT2D eigenvalue weighted by molar-refractivity contribution is 6.33. The molecule has 148 valence electrons. The largest absolute Gasteiger partial charge is 0.452 e. The highest BCUT2D eigenvalue weighted by Gasteiger charge is 2.29. The number of carbonyl (C=O) groups is 3. The number of hydrogen-bond acceptors (Lipinski definition) is 6. The lowest BCUT2D eigenvalue weighted by Gasteiger charge is -2.31. The van der Waals surface area contributed by atoms with E-state index in [1.165, 1.54) is 4.90 Å². The van der Waals surface area contributed by atoms with Crippen molar-refractivity contribution in [1.82, 2.24) is 10.1 Å². The molecule has 0 unspecified atom stereocenters. The fourth-order valence-corrected chi connectivity index (χ4v) is 3.40. The smallest absolute Gasteiger partial charge is 0.344 e. The number of halogens is 1. The molecule has 0 spiro atoms. The highest BCUT2D eigenvalue weighted by Crippen LogP contribution is 2.31. The van der Waals surface area contributed by atoms with E-state index in [0.717, 1.165) is 0 Å². The Hall–Kier alpha value is -2.87. The number of piperidine rings is 1. The summed E-state index contributed by atoms with van der Waals surface area (Å²) in [5.41, 5.74) is 6.23. The molecule has 2 aromatic rings. The average molecular weight is 406 g/mol. The first-order valence-corrected chi connectivity index (χ1v) is 9.21. The van der Waals surface area contributed by atoms with Crippen molar-refractivity contribution in [3.8, 4) is 11.3 Å². The summed E-state index contributed by atoms with van der Waals surface area (Å²) in [7, 11) is 0. The van der Waals surface area contributed by atoms with Crippen molar-refractivity contribution in [3.05, 3.63) is 40.6 Å². The Morgan fingerprint density at radius 2 is 2.11 bits per heavy atom. The molecule has 9 heteroatoms. The zero-order valence-corrected chi connectivity index (χ0v) is 16.1. The molecule has 2 heterocycles. The Morgan fingerprint density at radius 1 is 1.36 bits per heavy atom. The van der Waals surface area contributed by atoms with Crippen LogP contribution in [-0.2, 0) is 14.3 Å². The second kappa shape index (κ2) is 8.43. The molecule has 1 aliphatic heterocycles. The normalized spacial score (nSPS) is 16.6. The third-order valence-corrected chi connectivity index (χ3v) is 5.03. The van der Waals surface area contributed by atoms with E-state index in [1.54, 1.807) is 31.2 Å². The van der Waals surface area contributed by atoms with Crippen LogP contribution in [0.5, 0.6) is 0 Å². The number of aromatic nitrogens is 1. The van der Waals surface area contributed by atoms with Crippen LogP contribution < -0.4 is 5.73 Å². The van der Waals surface area contributed by atoms with Gasteiger partial charge in [0.05, 0.1) is 10.9 Å². The first kappa shape index (κ1) is 19.9. The monoisotopic (exact) mass is 405 g/mol. The number of benzene rings is 1. The van der Waals surface area contributed by atoms with Gasteiger partial charge in [0.2, 0.25) is 5.91 Å². The SMILES string of the molecule is Cc1onc(-c2ccccc2Cl)c1C(=O)OCC(=O)N1CCC[C@@H](C(N)=O)C1. The predicted octanol–water partition coefficient (Wildman–Crippen LogP) is 2.18. The van der Waals surface area contributed by atoms with Gasteiger partial charge in [0.1, 0.15) is 17.0 Å². The van der Waals surface area contributed by atoms with Crippen LogP contribution in [0.15, 0.2) is 28.8 Å². The third kappa shape index (κ3) is 4.17. The summed E-state index contributed by atoms with van der Waals surface area (Å²) in [6.07, 6.45) is 1.33. The minimum absolute atomic E-state index is 0.120. The summed E-state index contributed by atoms with van der Waals surface area (Å²) in [4.78, 5) is 37.8. The van der Waals surface area contributed by atoms with Crippen LogP contribution in [0, 0.1) is 12.8 Å². The number of primary amides is 1. The zero-order chi connectivity index (χ0) is 20.3. The van der Waals surface area contributed by atoms with E-state index in [2.05, 4.69) is 5.16 Å². The molecule has 3 rings (SSSR count). The predicted molar refractivity (Wildman–Crippen MR) is 100 cm³/mol. The number of likely N-dealkylation sites (tertiary alicyclic amines) is 1. The summed E-state index contributed by atoms with van der Waals surface area (Å²) in [6.45, 7) is 1.87. The third-order valence-electron chi connectivity index (χ3n) is 4.70. The standard InChI is InChI=1S/C19H20ClN3O5/c1-11-16(17(22-28-11)13-6-2-3-7-14(13)20)19(26)27-10-15(24)23-8-4-5-12(9-23)18(21)25/h2-3,6-7,12H,4-5,8-10H2,1H3,(H2,21,25)/t12-/m1/s1. The fraction of sp³-hybridized carbons (Fsp3) is 0.368. The number of nitrogens with zero attached hydrogens (tertiary/aromatic N) is 2. The summed E-state index contributed by atoms with van der Waals surface area (Å²) in [6, 6.07) is 6.90. The zero-order valence-electron chi connectivity index (χ0n) is 15.3. The van der Waals surface area contributed by atoms with Crippen LogP contribution >= 0.6 is 11.6 Å². The van der Waals surface area contributed by atoms with Gasteiger partial charge < -0.3 is 19.9 Å². The fourth-order valence-electron chi connectivity index (χ4n) is 3.18. The maximum Gasteiger partial charge on any atom is 0.344 e. The van der Waals surface area contributed by atoms with Gasteiger partial charge in [-0.05, 0) is 25.8 Å². The Balaban J connectivity index is 1.69. The Morgan fingerprint density at radius 3 is 2.82 bits per heavy atom. The molecule has 0 bridgehead atoms. The molecular weight excluding hydrogens is 386 g/mol. The van der Waals surface area contributed by atoms with Crippen molar-refractivity contribution < 1.29 is 23.6 Å². The average Bonchev–Trinajstić information content (AvgIpc) is 3.07. The molecule has 8 nitrogen and oxygen atoms in total. The molecule has 1 saturated heterocycles. The molecule has 0 saturated carbocycles. The molecule has 0 aliphatic carbocycles. The summed E-state index contributed by atoms with van der Waals surface area (Å²) < 4.78 is 10.3. The van der Waals surface area contributed by atoms with Crippen molar-refractivity contribution in [2.24, 2.45) is 11.7 Å². The van der Waals surface area contributed by atoms with Crippen molar-refractivity contribution in [3.63, 3.8) is 0 Å². The summed E-state index contributed by atoms with van der Waals surface area (Å²) in [5, 5.41) is 4.32. The van der Waals surface area contributed by atoms with Crippen molar-refractivity contribution >= 4 is 29.4 Å². The Kier molecular flexibility index (Phi) is 5.99. The van der Waals surface area contributed by atoms with Gasteiger partial charge >= 0.3 is 5.97 Å². The van der Waals surface area contributed by atoms with E-state index in [-0.39, 0.29) is 35.4 Å². The van der Waals surface area contributed by atoms with Gasteiger partial charge in [-0.3, -0.25) is 9.59 Å². The second-order valence-corrected chi connectivity index (χ2v) is 7.01. The first-order valence-electron chi connectivity index (χ1n) is 8.84. The number of carbonyl (C=O) groups excluding carboxylic acids is 3. The van der Waals surface area contributed by atoms with Crippen LogP contribution in [-0.4, -0.2) is 47.5 Å². The van der Waals surface area contributed by atoms with Gasteiger partial charge in [0, 0.05) is 18.7 Å². The van der Waals surface area contributed by atoms with Gasteiger partial charge in [-0.15, -0.1) is 0 Å². The van der Waals surface area contributed by atoms with Gasteiger partial charge in [-0.25, -0.2) is 4.79 Å².